The molecule has 0 bridgehead atoms. The van der Waals surface area contributed by atoms with Crippen molar-refractivity contribution in [2.75, 3.05) is 14.2 Å². The second-order valence-electron chi connectivity index (χ2n) is 6.55. The molecule has 0 fully saturated rings. The molecular weight excluding hydrogens is 356 g/mol. The summed E-state index contributed by atoms with van der Waals surface area (Å²) in [5, 5.41) is 3.84. The second-order valence-corrected chi connectivity index (χ2v) is 6.55. The second kappa shape index (κ2) is 9.08. The number of aromatic amines is 1. The first-order chi connectivity index (χ1) is 13.6. The predicted octanol–water partition coefficient (Wildman–Crippen LogP) is 3.01. The third kappa shape index (κ3) is 4.71. The number of fused-ring (bicyclic) bond motifs is 1. The number of nitrogens with one attached hydrogen (secondary N) is 2. The minimum atomic E-state index is -0.729. The zero-order chi connectivity index (χ0) is 19.9. The standard InChI is InChI=1S/C22H24N2O4/c1-27-17-10-7-15(8-11-17)9-12-21(25)24-20(22(26)28-2)13-16-14-23-19-6-4-3-5-18(16)19/h3-8,10-11,14,20,23H,9,12-13H2,1-2H3,(H,24,25). The fourth-order valence-corrected chi connectivity index (χ4v) is 3.17. The molecule has 0 aliphatic heterocycles. The minimum Gasteiger partial charge on any atom is -0.497 e. The highest BCUT2D eigenvalue weighted by molar-refractivity contribution is 5.87. The van der Waals surface area contributed by atoms with Crippen molar-refractivity contribution in [3.05, 3.63) is 65.9 Å². The summed E-state index contributed by atoms with van der Waals surface area (Å²) in [7, 11) is 2.94. The van der Waals surface area contributed by atoms with Gasteiger partial charge in [0.05, 0.1) is 14.2 Å². The topological polar surface area (TPSA) is 80.4 Å². The number of benzene rings is 2. The molecule has 0 saturated carbocycles. The lowest BCUT2D eigenvalue weighted by molar-refractivity contribution is -0.145. The van der Waals surface area contributed by atoms with E-state index in [-0.39, 0.29) is 12.3 Å². The van der Waals surface area contributed by atoms with E-state index in [1.807, 2.05) is 54.7 Å². The number of ether oxygens (including phenoxy) is 2. The van der Waals surface area contributed by atoms with Gasteiger partial charge in [-0.25, -0.2) is 4.79 Å². The summed E-state index contributed by atoms with van der Waals surface area (Å²) < 4.78 is 10.0. The average Bonchev–Trinajstić information content (AvgIpc) is 3.14. The molecule has 0 radical (unpaired) electrons. The van der Waals surface area contributed by atoms with Crippen LogP contribution >= 0.6 is 0 Å². The molecule has 3 aromatic rings. The smallest absolute Gasteiger partial charge is 0.328 e. The molecule has 1 atom stereocenters. The van der Waals surface area contributed by atoms with Gasteiger partial charge in [0.15, 0.2) is 0 Å². The number of methoxy groups -OCH3 is 2. The van der Waals surface area contributed by atoms with Gasteiger partial charge in [0, 0.05) is 29.9 Å². The van der Waals surface area contributed by atoms with Crippen molar-refractivity contribution in [1.29, 1.82) is 0 Å². The van der Waals surface area contributed by atoms with Crippen LogP contribution in [0.1, 0.15) is 17.5 Å². The molecule has 1 heterocycles. The van der Waals surface area contributed by atoms with Gasteiger partial charge in [0.25, 0.3) is 0 Å². The molecule has 1 aromatic heterocycles. The zero-order valence-corrected chi connectivity index (χ0v) is 16.0. The molecule has 0 aliphatic carbocycles. The molecular formula is C22H24N2O4. The first kappa shape index (κ1) is 19.5. The Bertz CT molecular complexity index is 947. The predicted molar refractivity (Wildman–Crippen MR) is 107 cm³/mol. The molecule has 0 saturated heterocycles. The van der Waals surface area contributed by atoms with Crippen molar-refractivity contribution in [2.45, 2.75) is 25.3 Å². The molecule has 2 N–H and O–H groups in total. The van der Waals surface area contributed by atoms with Crippen LogP contribution in [0.4, 0.5) is 0 Å². The summed E-state index contributed by atoms with van der Waals surface area (Å²) >= 11 is 0. The van der Waals surface area contributed by atoms with Crippen molar-refractivity contribution in [3.8, 4) is 5.75 Å². The fourth-order valence-electron chi connectivity index (χ4n) is 3.17. The quantitative estimate of drug-likeness (QED) is 0.589. The van der Waals surface area contributed by atoms with Crippen LogP contribution in [0, 0.1) is 0 Å². The highest BCUT2D eigenvalue weighted by Gasteiger charge is 2.23. The lowest BCUT2D eigenvalue weighted by Gasteiger charge is -2.16. The Kier molecular flexibility index (Phi) is 6.32. The number of para-hydroxylation sites is 1. The molecule has 28 heavy (non-hydrogen) atoms. The largest absolute Gasteiger partial charge is 0.497 e. The van der Waals surface area contributed by atoms with Gasteiger partial charge in [0.2, 0.25) is 5.91 Å². The van der Waals surface area contributed by atoms with Gasteiger partial charge in [0.1, 0.15) is 11.8 Å². The highest BCUT2D eigenvalue weighted by Crippen LogP contribution is 2.19. The van der Waals surface area contributed by atoms with Crippen LogP contribution in [-0.4, -0.2) is 37.1 Å². The lowest BCUT2D eigenvalue weighted by atomic mass is 10.0. The summed E-state index contributed by atoms with van der Waals surface area (Å²) in [6.07, 6.45) is 3.10. The van der Waals surface area contributed by atoms with Gasteiger partial charge in [-0.2, -0.15) is 0 Å². The van der Waals surface area contributed by atoms with E-state index in [0.717, 1.165) is 27.8 Å². The van der Waals surface area contributed by atoms with E-state index in [2.05, 4.69) is 10.3 Å². The number of hydrogen-bond acceptors (Lipinski definition) is 4. The number of carbonyl (C=O) groups is 2. The summed E-state index contributed by atoms with van der Waals surface area (Å²) in [6.45, 7) is 0. The van der Waals surface area contributed by atoms with Crippen molar-refractivity contribution in [3.63, 3.8) is 0 Å². The Hall–Kier alpha value is -3.28. The Labute approximate surface area is 163 Å². The van der Waals surface area contributed by atoms with Crippen molar-refractivity contribution < 1.29 is 19.1 Å². The first-order valence-electron chi connectivity index (χ1n) is 9.16. The van der Waals surface area contributed by atoms with Crippen LogP contribution in [0.2, 0.25) is 0 Å². The number of hydrogen-bond donors (Lipinski definition) is 2. The number of amides is 1. The Morgan fingerprint density at radius 3 is 2.54 bits per heavy atom. The Balaban J connectivity index is 1.63. The van der Waals surface area contributed by atoms with Gasteiger partial charge >= 0.3 is 5.97 Å². The first-order valence-corrected chi connectivity index (χ1v) is 9.16. The lowest BCUT2D eigenvalue weighted by Crippen LogP contribution is -2.43. The third-order valence-electron chi connectivity index (χ3n) is 4.72. The summed E-state index contributed by atoms with van der Waals surface area (Å²) in [5.74, 6) is 0.131. The van der Waals surface area contributed by atoms with E-state index in [0.29, 0.717) is 12.8 Å². The van der Waals surface area contributed by atoms with Gasteiger partial charge < -0.3 is 19.8 Å². The van der Waals surface area contributed by atoms with Crippen molar-refractivity contribution >= 4 is 22.8 Å². The van der Waals surface area contributed by atoms with Crippen LogP contribution < -0.4 is 10.1 Å². The zero-order valence-electron chi connectivity index (χ0n) is 16.0. The molecule has 6 heteroatoms. The highest BCUT2D eigenvalue weighted by atomic mass is 16.5. The molecule has 3 rings (SSSR count). The number of aryl methyl sites for hydroxylation is 1. The van der Waals surface area contributed by atoms with Crippen LogP contribution in [-0.2, 0) is 27.2 Å². The van der Waals surface area contributed by atoms with E-state index in [9.17, 15) is 9.59 Å². The van der Waals surface area contributed by atoms with Crippen LogP contribution in [0.25, 0.3) is 10.9 Å². The number of esters is 1. The monoisotopic (exact) mass is 380 g/mol. The molecule has 0 spiro atoms. The minimum absolute atomic E-state index is 0.189. The maximum absolute atomic E-state index is 12.4. The van der Waals surface area contributed by atoms with Gasteiger partial charge in [-0.3, -0.25) is 4.79 Å². The van der Waals surface area contributed by atoms with E-state index in [4.69, 9.17) is 9.47 Å². The van der Waals surface area contributed by atoms with E-state index in [1.165, 1.54) is 7.11 Å². The number of aromatic nitrogens is 1. The molecule has 2 aromatic carbocycles. The van der Waals surface area contributed by atoms with E-state index in [1.54, 1.807) is 7.11 Å². The Morgan fingerprint density at radius 2 is 1.82 bits per heavy atom. The van der Waals surface area contributed by atoms with Gasteiger partial charge in [-0.1, -0.05) is 30.3 Å². The normalized spacial score (nSPS) is 11.8. The maximum atomic E-state index is 12.4. The summed E-state index contributed by atoms with van der Waals surface area (Å²) in [4.78, 5) is 27.8. The molecule has 0 aliphatic rings. The van der Waals surface area contributed by atoms with Crippen LogP contribution in [0.15, 0.2) is 54.7 Å². The van der Waals surface area contributed by atoms with Crippen LogP contribution in [0.3, 0.4) is 0 Å². The summed E-state index contributed by atoms with van der Waals surface area (Å²) in [6, 6.07) is 14.7. The van der Waals surface area contributed by atoms with E-state index < -0.39 is 12.0 Å². The number of rotatable bonds is 8. The van der Waals surface area contributed by atoms with Crippen molar-refractivity contribution in [1.82, 2.24) is 10.3 Å². The van der Waals surface area contributed by atoms with Crippen molar-refractivity contribution in [2.24, 2.45) is 0 Å². The fraction of sp³-hybridized carbons (Fsp3) is 0.273. The molecule has 1 unspecified atom stereocenters. The van der Waals surface area contributed by atoms with Crippen LogP contribution in [0.5, 0.6) is 5.75 Å². The van der Waals surface area contributed by atoms with Gasteiger partial charge in [-0.05, 0) is 35.7 Å². The third-order valence-corrected chi connectivity index (χ3v) is 4.72. The summed E-state index contributed by atoms with van der Waals surface area (Å²) in [5.41, 5.74) is 2.98. The molecule has 1 amide bonds. The molecule has 146 valence electrons. The Morgan fingerprint density at radius 1 is 1.07 bits per heavy atom. The number of carbonyl (C=O) groups excluding carboxylic acids is 2. The van der Waals surface area contributed by atoms with E-state index >= 15 is 0 Å². The SMILES string of the molecule is COC(=O)C(Cc1c[nH]c2ccccc12)NC(=O)CCc1ccc(OC)cc1. The van der Waals surface area contributed by atoms with Gasteiger partial charge in [-0.15, -0.1) is 0 Å². The molecule has 6 nitrogen and oxygen atoms in total. The number of H-pyrrole nitrogens is 1. The maximum Gasteiger partial charge on any atom is 0.328 e. The average molecular weight is 380 g/mol.